The SMILES string of the molecule is CC(NP(O)(=S)c1ccccc1)C(=O)O. The van der Waals surface area contributed by atoms with Crippen molar-refractivity contribution in [2.45, 2.75) is 13.0 Å². The number of rotatable bonds is 4. The lowest BCUT2D eigenvalue weighted by Gasteiger charge is -2.19. The van der Waals surface area contributed by atoms with Crippen LogP contribution in [0.3, 0.4) is 0 Å². The smallest absolute Gasteiger partial charge is 0.320 e. The van der Waals surface area contributed by atoms with Crippen LogP contribution in [0.1, 0.15) is 6.92 Å². The molecular weight excluding hydrogens is 233 g/mol. The van der Waals surface area contributed by atoms with Gasteiger partial charge in [-0.05, 0) is 18.7 Å². The van der Waals surface area contributed by atoms with Crippen LogP contribution in [0.5, 0.6) is 0 Å². The Bertz CT molecular complexity index is 396. The van der Waals surface area contributed by atoms with Gasteiger partial charge in [0.25, 0.3) is 0 Å². The molecule has 2 atom stereocenters. The zero-order valence-electron chi connectivity index (χ0n) is 8.12. The Labute approximate surface area is 93.1 Å². The fourth-order valence-corrected chi connectivity index (χ4v) is 3.22. The summed E-state index contributed by atoms with van der Waals surface area (Å²) in [5, 5.41) is 11.8. The highest BCUT2D eigenvalue weighted by molar-refractivity contribution is 8.14. The third-order valence-corrected chi connectivity index (χ3v) is 4.53. The first-order valence-electron chi connectivity index (χ1n) is 4.32. The summed E-state index contributed by atoms with van der Waals surface area (Å²) in [6.45, 7) is 1.45. The van der Waals surface area contributed by atoms with Gasteiger partial charge in [0.1, 0.15) is 6.04 Å². The summed E-state index contributed by atoms with van der Waals surface area (Å²) in [4.78, 5) is 20.6. The van der Waals surface area contributed by atoms with Gasteiger partial charge in [-0.3, -0.25) is 9.88 Å². The number of hydrogen-bond acceptors (Lipinski definition) is 2. The molecule has 0 saturated heterocycles. The summed E-state index contributed by atoms with van der Waals surface area (Å²) in [6, 6.07) is 7.81. The summed E-state index contributed by atoms with van der Waals surface area (Å²) >= 11 is 5.00. The van der Waals surface area contributed by atoms with E-state index in [-0.39, 0.29) is 0 Å². The molecule has 0 aliphatic rings. The Morgan fingerprint density at radius 1 is 1.47 bits per heavy atom. The Hall–Kier alpha value is -0.740. The highest BCUT2D eigenvalue weighted by Crippen LogP contribution is 2.34. The van der Waals surface area contributed by atoms with Crippen LogP contribution in [0.25, 0.3) is 0 Å². The average molecular weight is 245 g/mol. The van der Waals surface area contributed by atoms with Gasteiger partial charge in [0.2, 0.25) is 0 Å². The van der Waals surface area contributed by atoms with E-state index in [1.54, 1.807) is 30.3 Å². The van der Waals surface area contributed by atoms with Crippen LogP contribution in [0.2, 0.25) is 0 Å². The molecule has 3 N–H and O–H groups in total. The molecule has 0 aliphatic heterocycles. The van der Waals surface area contributed by atoms with Crippen LogP contribution in [-0.4, -0.2) is 22.0 Å². The van der Waals surface area contributed by atoms with E-state index in [2.05, 4.69) is 5.09 Å². The lowest BCUT2D eigenvalue weighted by atomic mass is 10.4. The van der Waals surface area contributed by atoms with Crippen molar-refractivity contribution in [1.29, 1.82) is 0 Å². The Kier molecular flexibility index (Phi) is 3.99. The van der Waals surface area contributed by atoms with Crippen molar-refractivity contribution in [3.8, 4) is 0 Å². The molecule has 0 bridgehead atoms. The topological polar surface area (TPSA) is 69.6 Å². The second-order valence-corrected chi connectivity index (χ2v) is 6.61. The molecule has 2 unspecified atom stereocenters. The third-order valence-electron chi connectivity index (χ3n) is 1.85. The number of nitrogens with one attached hydrogen (secondary N) is 1. The zero-order chi connectivity index (χ0) is 11.5. The summed E-state index contributed by atoms with van der Waals surface area (Å²) < 4.78 is 0. The molecule has 0 aliphatic carbocycles. The molecular formula is C9H12NO3PS. The number of carboxylic acid groups (broad SMARTS) is 1. The molecule has 0 heterocycles. The van der Waals surface area contributed by atoms with Gasteiger partial charge in [-0.2, -0.15) is 0 Å². The van der Waals surface area contributed by atoms with Crippen LogP contribution in [0.4, 0.5) is 0 Å². The van der Waals surface area contributed by atoms with Crippen LogP contribution < -0.4 is 10.4 Å². The van der Waals surface area contributed by atoms with Crippen molar-refractivity contribution in [2.24, 2.45) is 0 Å². The Morgan fingerprint density at radius 3 is 2.47 bits per heavy atom. The maximum absolute atomic E-state index is 10.6. The van der Waals surface area contributed by atoms with Gasteiger partial charge in [0.05, 0.1) is 0 Å². The lowest BCUT2D eigenvalue weighted by molar-refractivity contribution is -0.138. The van der Waals surface area contributed by atoms with Crippen molar-refractivity contribution in [2.75, 3.05) is 0 Å². The predicted molar refractivity (Wildman–Crippen MR) is 62.8 cm³/mol. The van der Waals surface area contributed by atoms with Gasteiger partial charge in [0.15, 0.2) is 6.42 Å². The molecule has 0 radical (unpaired) electrons. The van der Waals surface area contributed by atoms with Crippen molar-refractivity contribution in [1.82, 2.24) is 5.09 Å². The van der Waals surface area contributed by atoms with Gasteiger partial charge < -0.3 is 10.00 Å². The molecule has 1 rings (SSSR count). The molecule has 6 heteroatoms. The fraction of sp³-hybridized carbons (Fsp3) is 0.222. The fourth-order valence-electron chi connectivity index (χ4n) is 1.02. The number of benzene rings is 1. The first kappa shape index (κ1) is 12.3. The predicted octanol–water partition coefficient (Wildman–Crippen LogP) is 0.676. The van der Waals surface area contributed by atoms with E-state index in [1.807, 2.05) is 0 Å². The van der Waals surface area contributed by atoms with Crippen LogP contribution >= 0.6 is 6.42 Å². The molecule has 1 aromatic rings. The second kappa shape index (κ2) is 4.86. The first-order valence-corrected chi connectivity index (χ1v) is 7.08. The Morgan fingerprint density at radius 2 is 2.00 bits per heavy atom. The molecule has 0 spiro atoms. The highest BCUT2D eigenvalue weighted by Gasteiger charge is 2.21. The van der Waals surface area contributed by atoms with Gasteiger partial charge in [0, 0.05) is 5.30 Å². The second-order valence-electron chi connectivity index (χ2n) is 3.10. The third kappa shape index (κ3) is 3.39. The van der Waals surface area contributed by atoms with Crippen molar-refractivity contribution in [3.63, 3.8) is 0 Å². The van der Waals surface area contributed by atoms with E-state index in [4.69, 9.17) is 16.9 Å². The number of aliphatic carboxylic acids is 1. The summed E-state index contributed by atoms with van der Waals surface area (Å²) in [5.41, 5.74) is 0. The van der Waals surface area contributed by atoms with Crippen molar-refractivity contribution in [3.05, 3.63) is 30.3 Å². The summed E-state index contributed by atoms with van der Waals surface area (Å²) in [6.07, 6.45) is -2.95. The minimum absolute atomic E-state index is 0.563. The van der Waals surface area contributed by atoms with E-state index in [1.165, 1.54) is 6.92 Å². The van der Waals surface area contributed by atoms with Gasteiger partial charge >= 0.3 is 5.97 Å². The zero-order valence-corrected chi connectivity index (χ0v) is 9.83. The monoisotopic (exact) mass is 245 g/mol. The molecule has 0 saturated carbocycles. The lowest BCUT2D eigenvalue weighted by Crippen LogP contribution is -2.34. The summed E-state index contributed by atoms with van der Waals surface area (Å²) in [7, 11) is 0. The van der Waals surface area contributed by atoms with Crippen LogP contribution in [-0.2, 0) is 16.6 Å². The maximum Gasteiger partial charge on any atom is 0.320 e. The van der Waals surface area contributed by atoms with E-state index in [0.717, 1.165) is 0 Å². The van der Waals surface area contributed by atoms with Crippen LogP contribution in [0, 0.1) is 0 Å². The standard InChI is InChI=1S/C9H12NO3PS/c1-7(9(11)12)10-14(13,15)8-5-3-2-4-6-8/h2-7H,1H3,(H,11,12)(H2,10,13,15). The first-order chi connectivity index (χ1) is 6.93. The molecule has 0 fully saturated rings. The van der Waals surface area contributed by atoms with E-state index in [0.29, 0.717) is 5.30 Å². The van der Waals surface area contributed by atoms with Gasteiger partial charge in [-0.1, -0.05) is 30.3 Å². The van der Waals surface area contributed by atoms with Crippen molar-refractivity contribution >= 4 is 29.5 Å². The average Bonchev–Trinajstić information content (AvgIpc) is 2.18. The summed E-state index contributed by atoms with van der Waals surface area (Å²) in [5.74, 6) is -1.03. The highest BCUT2D eigenvalue weighted by atomic mass is 32.4. The molecule has 0 amide bonds. The van der Waals surface area contributed by atoms with Gasteiger partial charge in [-0.15, -0.1) is 0 Å². The van der Waals surface area contributed by atoms with E-state index >= 15 is 0 Å². The largest absolute Gasteiger partial charge is 0.480 e. The number of carboxylic acids is 1. The number of hydrogen-bond donors (Lipinski definition) is 3. The normalized spacial score (nSPS) is 16.7. The van der Waals surface area contributed by atoms with Crippen molar-refractivity contribution < 1.29 is 14.8 Å². The molecule has 1 aromatic carbocycles. The molecule has 0 aromatic heterocycles. The Balaban J connectivity index is 2.85. The minimum Gasteiger partial charge on any atom is -0.480 e. The van der Waals surface area contributed by atoms with E-state index < -0.39 is 18.4 Å². The molecule has 82 valence electrons. The van der Waals surface area contributed by atoms with E-state index in [9.17, 15) is 9.69 Å². The number of carbonyl (C=O) groups is 1. The van der Waals surface area contributed by atoms with Gasteiger partial charge in [-0.25, -0.2) is 0 Å². The van der Waals surface area contributed by atoms with Crippen LogP contribution in [0.15, 0.2) is 30.3 Å². The quantitative estimate of drug-likeness (QED) is 0.680. The molecule has 15 heavy (non-hydrogen) atoms. The molecule has 4 nitrogen and oxygen atoms in total. The minimum atomic E-state index is -2.95. The maximum atomic E-state index is 10.6.